The smallest absolute Gasteiger partial charge is 0.164 e. The first kappa shape index (κ1) is 13.5. The van der Waals surface area contributed by atoms with Crippen molar-refractivity contribution in [2.75, 3.05) is 13.2 Å². The molecule has 1 aliphatic heterocycles. The first-order valence-electron chi connectivity index (χ1n) is 7.87. The Balaban J connectivity index is 1.79. The van der Waals surface area contributed by atoms with Crippen LogP contribution in [0.25, 0.3) is 16.9 Å². The maximum Gasteiger partial charge on any atom is 0.164 e. The normalized spacial score (nSPS) is 18.6. The molecule has 1 unspecified atom stereocenters. The number of hydrogen-bond acceptors (Lipinski definition) is 3. The lowest BCUT2D eigenvalue weighted by molar-refractivity contribution is 0.0542. The monoisotopic (exact) mass is 293 g/mol. The lowest BCUT2D eigenvalue weighted by Crippen LogP contribution is -2.20. The molecule has 0 N–H and O–H groups in total. The number of nitrogens with zero attached hydrogens (tertiary/aromatic N) is 3. The Morgan fingerprint density at radius 1 is 1.14 bits per heavy atom. The molecule has 1 aromatic carbocycles. The molecule has 1 saturated heterocycles. The van der Waals surface area contributed by atoms with Crippen molar-refractivity contribution in [3.05, 3.63) is 54.5 Å². The van der Waals surface area contributed by atoms with E-state index in [-0.39, 0.29) is 0 Å². The molecule has 0 spiro atoms. The van der Waals surface area contributed by atoms with Gasteiger partial charge >= 0.3 is 0 Å². The molecule has 1 fully saturated rings. The van der Waals surface area contributed by atoms with Crippen molar-refractivity contribution >= 4 is 11.2 Å². The fourth-order valence-electron chi connectivity index (χ4n) is 3.17. The highest BCUT2D eigenvalue weighted by Gasteiger charge is 2.20. The molecular weight excluding hydrogens is 274 g/mol. The quantitative estimate of drug-likeness (QED) is 0.743. The van der Waals surface area contributed by atoms with Crippen LogP contribution in [0.2, 0.25) is 0 Å². The summed E-state index contributed by atoms with van der Waals surface area (Å²) < 4.78 is 7.81. The van der Waals surface area contributed by atoms with Gasteiger partial charge in [-0.2, -0.15) is 0 Å². The van der Waals surface area contributed by atoms with Gasteiger partial charge in [0.05, 0.1) is 0 Å². The topological polar surface area (TPSA) is 39.9 Å². The van der Waals surface area contributed by atoms with E-state index in [1.807, 2.05) is 24.4 Å². The van der Waals surface area contributed by atoms with Gasteiger partial charge < -0.3 is 4.74 Å². The number of pyridine rings is 1. The summed E-state index contributed by atoms with van der Waals surface area (Å²) in [6.45, 7) is 1.73. The zero-order chi connectivity index (χ0) is 14.8. The summed E-state index contributed by atoms with van der Waals surface area (Å²) in [5.41, 5.74) is 3.01. The van der Waals surface area contributed by atoms with Crippen LogP contribution in [0, 0.1) is 5.92 Å². The van der Waals surface area contributed by atoms with Crippen LogP contribution in [0.5, 0.6) is 0 Å². The van der Waals surface area contributed by atoms with E-state index in [4.69, 9.17) is 9.72 Å². The standard InChI is InChI=1S/C18H19N3O/c1-2-7-15(8-3-1)21-17(12-14-6-5-11-22-13-14)20-16-9-4-10-19-18(16)21/h1-4,7-10,14H,5-6,11-13H2. The Labute approximate surface area is 129 Å². The van der Waals surface area contributed by atoms with Gasteiger partial charge in [-0.1, -0.05) is 18.2 Å². The summed E-state index contributed by atoms with van der Waals surface area (Å²) in [5.74, 6) is 1.63. The summed E-state index contributed by atoms with van der Waals surface area (Å²) in [5, 5.41) is 0. The molecule has 4 nitrogen and oxygen atoms in total. The minimum Gasteiger partial charge on any atom is -0.381 e. The van der Waals surface area contributed by atoms with E-state index in [0.717, 1.165) is 48.7 Å². The van der Waals surface area contributed by atoms with Gasteiger partial charge in [-0.15, -0.1) is 0 Å². The number of para-hydroxylation sites is 1. The average Bonchev–Trinajstić information content (AvgIpc) is 2.94. The minimum absolute atomic E-state index is 0.549. The Hall–Kier alpha value is -2.20. The first-order chi connectivity index (χ1) is 10.9. The van der Waals surface area contributed by atoms with Crippen LogP contribution >= 0.6 is 0 Å². The van der Waals surface area contributed by atoms with Crippen LogP contribution in [0.4, 0.5) is 0 Å². The van der Waals surface area contributed by atoms with E-state index in [2.05, 4.69) is 33.8 Å². The van der Waals surface area contributed by atoms with E-state index in [9.17, 15) is 0 Å². The summed E-state index contributed by atoms with van der Waals surface area (Å²) in [6, 6.07) is 14.3. The molecule has 4 rings (SSSR count). The summed E-state index contributed by atoms with van der Waals surface area (Å²) >= 11 is 0. The highest BCUT2D eigenvalue weighted by Crippen LogP contribution is 2.24. The van der Waals surface area contributed by atoms with Gasteiger partial charge in [0.25, 0.3) is 0 Å². The molecule has 3 aromatic rings. The third kappa shape index (κ3) is 2.50. The van der Waals surface area contributed by atoms with Crippen molar-refractivity contribution in [2.45, 2.75) is 19.3 Å². The zero-order valence-electron chi connectivity index (χ0n) is 12.5. The number of fused-ring (bicyclic) bond motifs is 1. The average molecular weight is 293 g/mol. The minimum atomic E-state index is 0.549. The molecule has 0 bridgehead atoms. The molecule has 4 heteroatoms. The summed E-state index contributed by atoms with van der Waals surface area (Å²) in [4.78, 5) is 9.37. The van der Waals surface area contributed by atoms with Crippen LogP contribution in [0.1, 0.15) is 18.7 Å². The molecule has 1 aliphatic rings. The zero-order valence-corrected chi connectivity index (χ0v) is 12.5. The molecule has 112 valence electrons. The molecule has 1 atom stereocenters. The molecule has 2 aromatic heterocycles. The van der Waals surface area contributed by atoms with Gasteiger partial charge in [-0.3, -0.25) is 4.57 Å². The Morgan fingerprint density at radius 3 is 2.86 bits per heavy atom. The molecular formula is C18H19N3O. The van der Waals surface area contributed by atoms with Crippen LogP contribution in [-0.2, 0) is 11.2 Å². The maximum atomic E-state index is 5.62. The number of imidazole rings is 1. The van der Waals surface area contributed by atoms with Crippen molar-refractivity contribution in [1.29, 1.82) is 0 Å². The van der Waals surface area contributed by atoms with E-state index < -0.39 is 0 Å². The van der Waals surface area contributed by atoms with Crippen molar-refractivity contribution in [2.24, 2.45) is 5.92 Å². The van der Waals surface area contributed by atoms with Gasteiger partial charge in [0.1, 0.15) is 11.3 Å². The highest BCUT2D eigenvalue weighted by atomic mass is 16.5. The van der Waals surface area contributed by atoms with Crippen molar-refractivity contribution in [1.82, 2.24) is 14.5 Å². The summed E-state index contributed by atoms with van der Waals surface area (Å²) in [6.07, 6.45) is 5.13. The van der Waals surface area contributed by atoms with Crippen LogP contribution < -0.4 is 0 Å². The van der Waals surface area contributed by atoms with Crippen LogP contribution in [0.3, 0.4) is 0 Å². The Morgan fingerprint density at radius 2 is 2.05 bits per heavy atom. The van der Waals surface area contributed by atoms with Gasteiger partial charge in [0.15, 0.2) is 5.65 Å². The molecule has 0 aliphatic carbocycles. The van der Waals surface area contributed by atoms with Crippen LogP contribution in [-0.4, -0.2) is 27.7 Å². The van der Waals surface area contributed by atoms with E-state index in [0.29, 0.717) is 5.92 Å². The van der Waals surface area contributed by atoms with E-state index in [1.54, 1.807) is 0 Å². The van der Waals surface area contributed by atoms with Crippen LogP contribution in [0.15, 0.2) is 48.7 Å². The fourth-order valence-corrected chi connectivity index (χ4v) is 3.17. The number of aromatic nitrogens is 3. The lowest BCUT2D eigenvalue weighted by atomic mass is 9.98. The molecule has 0 amide bonds. The molecule has 0 saturated carbocycles. The summed E-state index contributed by atoms with van der Waals surface area (Å²) in [7, 11) is 0. The molecule has 0 radical (unpaired) electrons. The van der Waals surface area contributed by atoms with Gasteiger partial charge in [-0.25, -0.2) is 9.97 Å². The fraction of sp³-hybridized carbons (Fsp3) is 0.333. The van der Waals surface area contributed by atoms with Crippen molar-refractivity contribution in [3.8, 4) is 5.69 Å². The largest absolute Gasteiger partial charge is 0.381 e. The first-order valence-corrected chi connectivity index (χ1v) is 7.87. The van der Waals surface area contributed by atoms with Gasteiger partial charge in [0, 0.05) is 31.5 Å². The van der Waals surface area contributed by atoms with Gasteiger partial charge in [0.2, 0.25) is 0 Å². The number of hydrogen-bond donors (Lipinski definition) is 0. The second kappa shape index (κ2) is 5.89. The van der Waals surface area contributed by atoms with E-state index in [1.165, 1.54) is 6.42 Å². The number of benzene rings is 1. The SMILES string of the molecule is c1ccc(-n2c(CC3CCCOC3)nc3cccnc32)cc1. The maximum absolute atomic E-state index is 5.62. The molecule has 3 heterocycles. The number of ether oxygens (including phenoxy) is 1. The second-order valence-corrected chi connectivity index (χ2v) is 5.83. The third-order valence-corrected chi connectivity index (χ3v) is 4.23. The lowest BCUT2D eigenvalue weighted by Gasteiger charge is -2.22. The Kier molecular flexibility index (Phi) is 3.60. The van der Waals surface area contributed by atoms with Crippen molar-refractivity contribution < 1.29 is 4.74 Å². The third-order valence-electron chi connectivity index (χ3n) is 4.23. The predicted molar refractivity (Wildman–Crippen MR) is 86.1 cm³/mol. The highest BCUT2D eigenvalue weighted by molar-refractivity contribution is 5.73. The second-order valence-electron chi connectivity index (χ2n) is 5.83. The van der Waals surface area contributed by atoms with E-state index >= 15 is 0 Å². The van der Waals surface area contributed by atoms with Crippen molar-refractivity contribution in [3.63, 3.8) is 0 Å². The van der Waals surface area contributed by atoms with Gasteiger partial charge in [-0.05, 0) is 43.0 Å². The Bertz CT molecular complexity index is 760. The molecule has 22 heavy (non-hydrogen) atoms. The number of rotatable bonds is 3. The predicted octanol–water partition coefficient (Wildman–Crippen LogP) is 3.39.